The van der Waals surface area contributed by atoms with Crippen LogP contribution in [0.1, 0.15) is 386 Å². The van der Waals surface area contributed by atoms with Gasteiger partial charge in [-0.2, -0.15) is 0 Å². The van der Waals surface area contributed by atoms with E-state index in [4.69, 9.17) is 9.98 Å². The van der Waals surface area contributed by atoms with Gasteiger partial charge in [0, 0.05) is 0 Å². The molecule has 0 bridgehead atoms. The fraction of sp³-hybridized carbons (Fsp3) is 0.769. The molecule has 0 N–H and O–H groups in total. The van der Waals surface area contributed by atoms with Gasteiger partial charge in [0.2, 0.25) is 0 Å². The molecule has 0 amide bonds. The van der Waals surface area contributed by atoms with Crippen LogP contribution in [0, 0.1) is 0 Å². The molecule has 0 atom stereocenters. The minimum atomic E-state index is 0.987. The first kappa shape index (κ1) is 73.4. The third kappa shape index (κ3) is 45.7. The lowest BCUT2D eigenvalue weighted by atomic mass is 10.0. The number of rotatable bonds is 61. The van der Waals surface area contributed by atoms with Gasteiger partial charge in [-0.3, -0.25) is 9.98 Å². The van der Waals surface area contributed by atoms with Gasteiger partial charge < -0.3 is 0 Å². The Morgan fingerprint density at radius 1 is 0.250 bits per heavy atom. The molecule has 0 aliphatic carbocycles. The first-order valence-electron chi connectivity index (χ1n) is 36.3. The molecule has 0 saturated carbocycles. The van der Waals surface area contributed by atoms with E-state index in [0.29, 0.717) is 0 Å². The average molecular weight is 1100 g/mol. The molecule has 458 valence electrons. The molecule has 0 unspecified atom stereocenters. The van der Waals surface area contributed by atoms with E-state index in [9.17, 15) is 0 Å². The Balaban J connectivity index is 1.70. The predicted molar refractivity (Wildman–Crippen MR) is 365 cm³/mol. The van der Waals surface area contributed by atoms with Crippen LogP contribution in [0.4, 0.5) is 11.4 Å². The Labute approximate surface area is 501 Å². The Morgan fingerprint density at radius 3 is 0.762 bits per heavy atom. The third-order valence-electron chi connectivity index (χ3n) is 17.3. The molecule has 0 spiro atoms. The topological polar surface area (TPSA) is 24.7 Å². The van der Waals surface area contributed by atoms with Crippen LogP contribution in [-0.4, -0.2) is 11.4 Å². The molecular weight excluding hydrogens is 965 g/mol. The van der Waals surface area contributed by atoms with E-state index < -0.39 is 0 Å². The lowest BCUT2D eigenvalue weighted by molar-refractivity contribution is 0.520. The SMILES string of the molecule is CCCCCCCCCCCCCCCCCCCCCCCC=CCCc1ccccc1N=C(CCCC)C(CCCCCC)=Nc1ccccc1CCC=CCCCCCCCCCCCCCCCCCCCCCCC. The number of aryl methyl sites for hydroxylation is 2. The van der Waals surface area contributed by atoms with E-state index >= 15 is 0 Å². The van der Waals surface area contributed by atoms with Gasteiger partial charge in [-0.15, -0.1) is 0 Å². The van der Waals surface area contributed by atoms with Crippen LogP contribution in [0.3, 0.4) is 0 Å². The zero-order valence-corrected chi connectivity index (χ0v) is 54.4. The maximum absolute atomic E-state index is 5.56. The molecule has 0 aliphatic rings. The quantitative estimate of drug-likeness (QED) is 0.0358. The number of hydrogen-bond donors (Lipinski definition) is 0. The fourth-order valence-corrected chi connectivity index (χ4v) is 11.9. The van der Waals surface area contributed by atoms with Crippen molar-refractivity contribution < 1.29 is 0 Å². The normalized spacial score (nSPS) is 12.3. The second-order valence-corrected chi connectivity index (χ2v) is 25.0. The molecule has 0 heterocycles. The van der Waals surface area contributed by atoms with Crippen LogP contribution < -0.4 is 0 Å². The molecule has 0 radical (unpaired) electrons. The summed E-state index contributed by atoms with van der Waals surface area (Å²) in [5, 5.41) is 0. The molecule has 2 rings (SSSR count). The van der Waals surface area contributed by atoms with Crippen molar-refractivity contribution in [2.75, 3.05) is 0 Å². The highest BCUT2D eigenvalue weighted by atomic mass is 14.8. The van der Waals surface area contributed by atoms with Crippen LogP contribution in [0.15, 0.2) is 82.8 Å². The highest BCUT2D eigenvalue weighted by Gasteiger charge is 2.13. The van der Waals surface area contributed by atoms with Crippen LogP contribution in [0.25, 0.3) is 0 Å². The molecular formula is C78H136N2. The van der Waals surface area contributed by atoms with Crippen LogP contribution in [0.5, 0.6) is 0 Å². The van der Waals surface area contributed by atoms with Crippen molar-refractivity contribution in [3.63, 3.8) is 0 Å². The van der Waals surface area contributed by atoms with Gasteiger partial charge in [-0.25, -0.2) is 0 Å². The summed E-state index contributed by atoms with van der Waals surface area (Å²) in [5.41, 5.74) is 7.45. The number of para-hydroxylation sites is 2. The van der Waals surface area contributed by atoms with Crippen molar-refractivity contribution in [1.29, 1.82) is 0 Å². The van der Waals surface area contributed by atoms with E-state index in [0.717, 1.165) is 62.7 Å². The summed E-state index contributed by atoms with van der Waals surface area (Å²) >= 11 is 0. The van der Waals surface area contributed by atoms with Crippen molar-refractivity contribution in [1.82, 2.24) is 0 Å². The monoisotopic (exact) mass is 1100 g/mol. The summed E-state index contributed by atoms with van der Waals surface area (Å²) in [6.45, 7) is 9.24. The summed E-state index contributed by atoms with van der Waals surface area (Å²) in [6, 6.07) is 17.9. The molecule has 2 aromatic rings. The summed E-state index contributed by atoms with van der Waals surface area (Å²) in [4.78, 5) is 11.1. The van der Waals surface area contributed by atoms with Crippen LogP contribution in [0.2, 0.25) is 0 Å². The minimum absolute atomic E-state index is 0.987. The highest BCUT2D eigenvalue weighted by Crippen LogP contribution is 2.27. The number of nitrogens with zero attached hydrogens (tertiary/aromatic N) is 2. The number of hydrogen-bond acceptors (Lipinski definition) is 2. The van der Waals surface area contributed by atoms with E-state index in [1.165, 1.54) is 331 Å². The first-order chi connectivity index (χ1) is 39.7. The van der Waals surface area contributed by atoms with Crippen LogP contribution >= 0.6 is 0 Å². The van der Waals surface area contributed by atoms with E-state index in [2.05, 4.69) is 101 Å². The van der Waals surface area contributed by atoms with Gasteiger partial charge >= 0.3 is 0 Å². The van der Waals surface area contributed by atoms with Gasteiger partial charge in [-0.1, -0.05) is 371 Å². The van der Waals surface area contributed by atoms with Crippen molar-refractivity contribution in [2.24, 2.45) is 9.98 Å². The fourth-order valence-electron chi connectivity index (χ4n) is 11.9. The van der Waals surface area contributed by atoms with Gasteiger partial charge in [0.15, 0.2) is 0 Å². The maximum atomic E-state index is 5.56. The molecule has 0 fully saturated rings. The van der Waals surface area contributed by atoms with E-state index in [-0.39, 0.29) is 0 Å². The second-order valence-electron chi connectivity index (χ2n) is 25.0. The average Bonchev–Trinajstić information content (AvgIpc) is 3.49. The third-order valence-corrected chi connectivity index (χ3v) is 17.3. The Kier molecular flexibility index (Phi) is 54.5. The lowest BCUT2D eigenvalue weighted by Gasteiger charge is -2.14. The number of benzene rings is 2. The molecule has 80 heavy (non-hydrogen) atoms. The second kappa shape index (κ2) is 59.4. The van der Waals surface area contributed by atoms with Crippen molar-refractivity contribution in [3.8, 4) is 0 Å². The molecule has 2 aromatic carbocycles. The van der Waals surface area contributed by atoms with Crippen LogP contribution in [-0.2, 0) is 12.8 Å². The minimum Gasteiger partial charge on any atom is -0.251 e. The van der Waals surface area contributed by atoms with Crippen molar-refractivity contribution >= 4 is 22.8 Å². The molecule has 0 saturated heterocycles. The largest absolute Gasteiger partial charge is 0.251 e. The molecule has 0 aliphatic heterocycles. The summed E-state index contributed by atoms with van der Waals surface area (Å²) in [7, 11) is 0. The summed E-state index contributed by atoms with van der Waals surface area (Å²) < 4.78 is 0. The zero-order valence-electron chi connectivity index (χ0n) is 54.4. The number of unbranched alkanes of at least 4 members (excludes halogenated alkanes) is 46. The van der Waals surface area contributed by atoms with Gasteiger partial charge in [0.05, 0.1) is 22.8 Å². The number of aliphatic imine (C=N–C) groups is 2. The highest BCUT2D eigenvalue weighted by molar-refractivity contribution is 6.43. The van der Waals surface area contributed by atoms with Crippen molar-refractivity contribution in [3.05, 3.63) is 84.0 Å². The van der Waals surface area contributed by atoms with E-state index in [1.54, 1.807) is 0 Å². The Hall–Kier alpha value is -2.74. The smallest absolute Gasteiger partial charge is 0.0665 e. The van der Waals surface area contributed by atoms with Gasteiger partial charge in [-0.05, 0) is 100 Å². The molecule has 2 heteroatoms. The first-order valence-corrected chi connectivity index (χ1v) is 36.3. The Morgan fingerprint density at radius 2 is 0.475 bits per heavy atom. The Bertz CT molecular complexity index is 1710. The molecule has 0 aromatic heterocycles. The maximum Gasteiger partial charge on any atom is 0.0665 e. The van der Waals surface area contributed by atoms with Crippen molar-refractivity contribution in [2.45, 2.75) is 387 Å². The summed E-state index contributed by atoms with van der Waals surface area (Å²) in [5.74, 6) is 0. The van der Waals surface area contributed by atoms with Gasteiger partial charge in [0.1, 0.15) is 0 Å². The number of allylic oxidation sites excluding steroid dienone is 4. The van der Waals surface area contributed by atoms with Gasteiger partial charge in [0.25, 0.3) is 0 Å². The molecule has 2 nitrogen and oxygen atoms in total. The summed E-state index contributed by atoms with van der Waals surface area (Å²) in [6.07, 6.45) is 86.3. The predicted octanol–water partition coefficient (Wildman–Crippen LogP) is 27.9. The van der Waals surface area contributed by atoms with E-state index in [1.807, 2.05) is 0 Å². The standard InChI is InChI=1S/C78H136N2/c1-5-9-13-16-18-20-22-24-26-28-30-32-34-36-38-40-42-44-46-48-50-52-54-56-58-65-73-67-61-63-70-75(73)79-77(69-12-8-4)78(72-60-15-11-7-3)80-76-71-64-62-68-74(76)66-59-57-55-53-51-49-47-45-43-41-39-37-35-33-31-29-27-25-23-21-19-17-14-10-6-2/h54-57,61-64,67-68,70-71H,5-53,58-60,65-66,69,72H2,1-4H3. The zero-order chi connectivity index (χ0) is 57.0. The lowest BCUT2D eigenvalue weighted by Crippen LogP contribution is -2.15.